The van der Waals surface area contributed by atoms with Gasteiger partial charge in [0.15, 0.2) is 24.4 Å². The van der Waals surface area contributed by atoms with Crippen LogP contribution >= 0.6 is 11.6 Å². The van der Waals surface area contributed by atoms with Gasteiger partial charge in [0.2, 0.25) is 10.0 Å². The number of primary sulfonamides is 1. The van der Waals surface area contributed by atoms with Gasteiger partial charge >= 0.3 is 29.8 Å². The number of rotatable bonds is 14. The number of ether oxygens (including phenoxy) is 5. The Morgan fingerprint density at radius 2 is 1.40 bits per heavy atom. The molecular weight excluding hydrogens is 616 g/mol. The molecule has 1 aromatic heterocycles. The molecule has 0 saturated carbocycles. The average molecular weight is 647 g/mol. The van der Waals surface area contributed by atoms with E-state index in [0.29, 0.717) is 5.76 Å². The summed E-state index contributed by atoms with van der Waals surface area (Å²) in [5.74, 6) is -4.84. The first kappa shape index (κ1) is 35.0. The van der Waals surface area contributed by atoms with Crippen molar-refractivity contribution < 1.29 is 60.5 Å². The van der Waals surface area contributed by atoms with Crippen molar-refractivity contribution in [3.63, 3.8) is 0 Å². The summed E-state index contributed by atoms with van der Waals surface area (Å²) in [6, 6.07) is 5.29. The molecule has 2 aromatic rings. The molecule has 1 aromatic carbocycles. The Hall–Kier alpha value is -4.15. The molecule has 17 heteroatoms. The summed E-state index contributed by atoms with van der Waals surface area (Å²) in [4.78, 5) is 61.1. The van der Waals surface area contributed by atoms with E-state index in [1.807, 2.05) is 0 Å². The van der Waals surface area contributed by atoms with Gasteiger partial charge in [-0.1, -0.05) is 11.6 Å². The first-order valence-corrected chi connectivity index (χ1v) is 14.6. The maximum Gasteiger partial charge on any atom is 0.348 e. The van der Waals surface area contributed by atoms with Crippen LogP contribution in [0.3, 0.4) is 0 Å². The van der Waals surface area contributed by atoms with Gasteiger partial charge in [0.1, 0.15) is 10.7 Å². The van der Waals surface area contributed by atoms with Crippen LogP contribution < -0.4 is 10.5 Å². The molecule has 15 nitrogen and oxygen atoms in total. The summed E-state index contributed by atoms with van der Waals surface area (Å²) >= 11 is 6.06. The molecule has 2 rings (SSSR count). The molecule has 0 aliphatic rings. The molecule has 236 valence electrons. The summed E-state index contributed by atoms with van der Waals surface area (Å²) in [7, 11) is -4.35. The van der Waals surface area contributed by atoms with Crippen LogP contribution in [0.15, 0.2) is 39.8 Å². The number of hydrogen-bond acceptors (Lipinski definition) is 14. The lowest BCUT2D eigenvalue weighted by Gasteiger charge is -2.20. The van der Waals surface area contributed by atoms with Crippen LogP contribution in [-0.2, 0) is 59.4 Å². The SMILES string of the molecule is CCOC(=O)[C@H](C)OC(=O)[C@H](C)OC(=O)[C@H](C)OC(=O)[C@H](C)OC(=O)c1cc(S(N)(=O)=O)c(Cl)cc1NCc1ccco1. The number of furan rings is 1. The van der Waals surface area contributed by atoms with Gasteiger partial charge in [0, 0.05) is 0 Å². The van der Waals surface area contributed by atoms with Gasteiger partial charge in [-0.3, -0.25) is 0 Å². The third kappa shape index (κ3) is 10.3. The minimum atomic E-state index is -4.35. The second-order valence-corrected chi connectivity index (χ2v) is 10.8. The van der Waals surface area contributed by atoms with Crippen molar-refractivity contribution in [2.24, 2.45) is 5.14 Å². The first-order chi connectivity index (χ1) is 20.0. The molecule has 3 N–H and O–H groups in total. The maximum atomic E-state index is 13.0. The highest BCUT2D eigenvalue weighted by atomic mass is 35.5. The van der Waals surface area contributed by atoms with Crippen LogP contribution in [-0.4, -0.2) is 69.3 Å². The lowest BCUT2D eigenvalue weighted by Crippen LogP contribution is -2.37. The van der Waals surface area contributed by atoms with Gasteiger partial charge in [-0.15, -0.1) is 0 Å². The summed E-state index contributed by atoms with van der Waals surface area (Å²) in [6.45, 7) is 6.45. The number of esters is 5. The lowest BCUT2D eigenvalue weighted by atomic mass is 10.1. The van der Waals surface area contributed by atoms with E-state index in [-0.39, 0.29) is 29.4 Å². The molecule has 0 bridgehead atoms. The molecule has 0 fully saturated rings. The third-order valence-corrected chi connectivity index (χ3v) is 6.78. The summed E-state index contributed by atoms with van der Waals surface area (Å²) < 4.78 is 53.8. The monoisotopic (exact) mass is 646 g/mol. The van der Waals surface area contributed by atoms with Crippen LogP contribution in [0.5, 0.6) is 0 Å². The van der Waals surface area contributed by atoms with Crippen molar-refractivity contribution in [3.05, 3.63) is 46.9 Å². The number of carbonyl (C=O) groups excluding carboxylic acids is 5. The van der Waals surface area contributed by atoms with Gasteiger partial charge in [-0.05, 0) is 58.9 Å². The van der Waals surface area contributed by atoms with Gasteiger partial charge in [-0.25, -0.2) is 37.5 Å². The van der Waals surface area contributed by atoms with Crippen molar-refractivity contribution in [3.8, 4) is 0 Å². The number of sulfonamides is 1. The second kappa shape index (κ2) is 15.4. The van der Waals surface area contributed by atoms with E-state index in [1.54, 1.807) is 19.1 Å². The number of benzene rings is 1. The van der Waals surface area contributed by atoms with Crippen molar-refractivity contribution in [1.82, 2.24) is 0 Å². The number of hydrogen-bond donors (Lipinski definition) is 2. The smallest absolute Gasteiger partial charge is 0.348 e. The molecule has 0 amide bonds. The van der Waals surface area contributed by atoms with Crippen LogP contribution in [0.25, 0.3) is 0 Å². The van der Waals surface area contributed by atoms with Crippen molar-refractivity contribution >= 4 is 57.2 Å². The van der Waals surface area contributed by atoms with E-state index in [2.05, 4.69) is 5.32 Å². The van der Waals surface area contributed by atoms with E-state index in [9.17, 15) is 32.4 Å². The molecule has 4 atom stereocenters. The van der Waals surface area contributed by atoms with Gasteiger partial charge in [0.25, 0.3) is 0 Å². The van der Waals surface area contributed by atoms with Crippen molar-refractivity contribution in [2.75, 3.05) is 11.9 Å². The van der Waals surface area contributed by atoms with Crippen LogP contribution in [0, 0.1) is 0 Å². The molecule has 0 radical (unpaired) electrons. The van der Waals surface area contributed by atoms with Crippen LogP contribution in [0.4, 0.5) is 5.69 Å². The van der Waals surface area contributed by atoms with E-state index in [4.69, 9.17) is 44.8 Å². The van der Waals surface area contributed by atoms with Crippen LogP contribution in [0.1, 0.15) is 50.7 Å². The number of carbonyl (C=O) groups is 5. The Morgan fingerprint density at radius 1 is 0.884 bits per heavy atom. The first-order valence-electron chi connectivity index (χ1n) is 12.7. The molecule has 0 spiro atoms. The minimum absolute atomic E-state index is 0.0365. The van der Waals surface area contributed by atoms with Gasteiger partial charge < -0.3 is 33.4 Å². The zero-order valence-corrected chi connectivity index (χ0v) is 25.4. The molecule has 0 aliphatic heterocycles. The van der Waals surface area contributed by atoms with E-state index in [1.165, 1.54) is 20.1 Å². The van der Waals surface area contributed by atoms with E-state index in [0.717, 1.165) is 26.0 Å². The van der Waals surface area contributed by atoms with Gasteiger partial charge in [-0.2, -0.15) is 0 Å². The second-order valence-electron chi connectivity index (χ2n) is 8.84. The zero-order chi connectivity index (χ0) is 32.5. The molecule has 43 heavy (non-hydrogen) atoms. The normalized spacial score (nSPS) is 13.9. The largest absolute Gasteiger partial charge is 0.467 e. The topological polar surface area (TPSA) is 217 Å². The minimum Gasteiger partial charge on any atom is -0.467 e. The van der Waals surface area contributed by atoms with Crippen molar-refractivity contribution in [2.45, 2.75) is 70.5 Å². The maximum absolute atomic E-state index is 13.0. The molecular formula is C26H31ClN2O13S. The fourth-order valence-electron chi connectivity index (χ4n) is 3.17. The Kier molecular flexibility index (Phi) is 12.5. The van der Waals surface area contributed by atoms with Gasteiger partial charge in [0.05, 0.1) is 35.7 Å². The summed E-state index contributed by atoms with van der Waals surface area (Å²) in [5.41, 5.74) is -0.300. The number of anilines is 1. The Morgan fingerprint density at radius 3 is 1.86 bits per heavy atom. The lowest BCUT2D eigenvalue weighted by molar-refractivity contribution is -0.183. The van der Waals surface area contributed by atoms with E-state index >= 15 is 0 Å². The number of nitrogens with two attached hydrogens (primary N) is 1. The number of halogens is 1. The van der Waals surface area contributed by atoms with Crippen LogP contribution in [0.2, 0.25) is 5.02 Å². The standard InChI is InChI=1S/C26H31ClN2O13S/c1-6-37-22(30)13(2)39-23(31)14(3)40-24(32)15(4)41-25(33)16(5)42-26(34)18-10-21(43(28,35)36)19(27)11-20(18)29-12-17-8-7-9-38-17/h7-11,13-16,29H,6,12H2,1-5H3,(H2,28,35,36)/t13-,14-,15-,16-/m0/s1. The molecule has 0 aliphatic carbocycles. The highest BCUT2D eigenvalue weighted by Crippen LogP contribution is 2.29. The predicted molar refractivity (Wildman–Crippen MR) is 147 cm³/mol. The molecule has 1 heterocycles. The van der Waals surface area contributed by atoms with Crippen molar-refractivity contribution in [1.29, 1.82) is 0 Å². The summed E-state index contributed by atoms with van der Waals surface area (Å²) in [6.07, 6.45) is -4.44. The third-order valence-electron chi connectivity index (χ3n) is 5.41. The Bertz CT molecular complexity index is 1440. The predicted octanol–water partition coefficient (Wildman–Crippen LogP) is 2.10. The fraction of sp³-hybridized carbons (Fsp3) is 0.423. The fourth-order valence-corrected chi connectivity index (χ4v) is 4.27. The highest BCUT2D eigenvalue weighted by Gasteiger charge is 2.31. The molecule has 0 saturated heterocycles. The van der Waals surface area contributed by atoms with E-state index < -0.39 is 69.2 Å². The Labute approximate surface area is 251 Å². The summed E-state index contributed by atoms with van der Waals surface area (Å²) in [5, 5.41) is 7.77. The average Bonchev–Trinajstić information content (AvgIpc) is 3.44. The quantitative estimate of drug-likeness (QED) is 0.222. The molecule has 0 unspecified atom stereocenters. The Balaban J connectivity index is 2.06. The number of nitrogens with one attached hydrogen (secondary N) is 1. The zero-order valence-electron chi connectivity index (χ0n) is 23.8. The highest BCUT2D eigenvalue weighted by molar-refractivity contribution is 7.89.